The van der Waals surface area contributed by atoms with Gasteiger partial charge in [-0.3, -0.25) is 9.78 Å². The first-order valence-electron chi connectivity index (χ1n) is 8.63. The van der Waals surface area contributed by atoms with Crippen molar-refractivity contribution >= 4 is 23.2 Å². The quantitative estimate of drug-likeness (QED) is 0.659. The molecule has 1 aliphatic heterocycles. The Bertz CT molecular complexity index is 1050. The number of rotatable bonds is 2. The van der Waals surface area contributed by atoms with E-state index >= 15 is 0 Å². The van der Waals surface area contributed by atoms with Gasteiger partial charge in [-0.2, -0.15) is 13.2 Å². The van der Waals surface area contributed by atoms with Crippen LogP contribution in [0.5, 0.6) is 0 Å². The molecule has 0 bridgehead atoms. The van der Waals surface area contributed by atoms with Crippen molar-refractivity contribution in [1.29, 1.82) is 0 Å². The zero-order valence-corrected chi connectivity index (χ0v) is 16.4. The Morgan fingerprint density at radius 1 is 1.23 bits per heavy atom. The van der Waals surface area contributed by atoms with Crippen molar-refractivity contribution in [2.75, 3.05) is 6.54 Å². The molecule has 158 valence electrons. The van der Waals surface area contributed by atoms with Crippen LogP contribution in [0.15, 0.2) is 36.1 Å². The summed E-state index contributed by atoms with van der Waals surface area (Å²) in [5, 5.41) is 9.85. The predicted octanol–water partition coefficient (Wildman–Crippen LogP) is 3.00. The fraction of sp³-hybridized carbons (Fsp3) is 0.278. The molecular weight excluding hydrogens is 423 g/mol. The standard InChI is InChI=1S/C16H15N5OS.C2HF3O2/c1-11-19-13(10-23-11)16(22)20-5-6-21-14(8-18-15(21)9-20)12-3-2-4-17-7-12;3-2(4,5)1(6)7/h2-4,7-8,10H,5-6,9H2,1H3;(H,6,7). The van der Waals surface area contributed by atoms with Crippen LogP contribution in [0.1, 0.15) is 21.3 Å². The number of carboxylic acids is 1. The Balaban J connectivity index is 0.000000318. The summed E-state index contributed by atoms with van der Waals surface area (Å²) in [6, 6.07) is 3.94. The highest BCUT2D eigenvalue weighted by atomic mass is 32.1. The molecular formula is C18H16F3N5O3S. The number of amides is 1. The number of imidazole rings is 1. The van der Waals surface area contributed by atoms with Crippen molar-refractivity contribution in [2.45, 2.75) is 26.2 Å². The van der Waals surface area contributed by atoms with Gasteiger partial charge in [0, 0.05) is 36.4 Å². The second-order valence-corrected chi connectivity index (χ2v) is 7.30. The molecule has 3 aromatic rings. The molecule has 1 aliphatic rings. The molecule has 0 saturated carbocycles. The van der Waals surface area contributed by atoms with E-state index in [1.807, 2.05) is 41.7 Å². The Morgan fingerprint density at radius 2 is 1.97 bits per heavy atom. The molecule has 30 heavy (non-hydrogen) atoms. The number of aryl methyl sites for hydroxylation is 1. The normalized spacial score (nSPS) is 13.3. The Kier molecular flexibility index (Phi) is 6.15. The van der Waals surface area contributed by atoms with Crippen LogP contribution in [-0.4, -0.2) is 54.1 Å². The molecule has 0 spiro atoms. The van der Waals surface area contributed by atoms with E-state index in [1.54, 1.807) is 6.20 Å². The van der Waals surface area contributed by atoms with Crippen LogP contribution in [0.3, 0.4) is 0 Å². The van der Waals surface area contributed by atoms with Crippen molar-refractivity contribution in [2.24, 2.45) is 0 Å². The predicted molar refractivity (Wildman–Crippen MR) is 101 cm³/mol. The average Bonchev–Trinajstić information content (AvgIpc) is 3.33. The van der Waals surface area contributed by atoms with Gasteiger partial charge in [-0.05, 0) is 19.1 Å². The molecule has 4 rings (SSSR count). The lowest BCUT2D eigenvalue weighted by Gasteiger charge is -2.28. The summed E-state index contributed by atoms with van der Waals surface area (Å²) in [5.74, 6) is -1.88. The average molecular weight is 439 g/mol. The summed E-state index contributed by atoms with van der Waals surface area (Å²) in [6.07, 6.45) is 0.362. The number of alkyl halides is 3. The topological polar surface area (TPSA) is 101 Å². The van der Waals surface area contributed by atoms with Crippen molar-refractivity contribution in [3.63, 3.8) is 0 Å². The fourth-order valence-electron chi connectivity index (χ4n) is 2.80. The van der Waals surface area contributed by atoms with Crippen molar-refractivity contribution in [3.8, 4) is 11.3 Å². The molecule has 0 atom stereocenters. The number of halogens is 3. The lowest BCUT2D eigenvalue weighted by Crippen LogP contribution is -2.38. The van der Waals surface area contributed by atoms with Crippen LogP contribution in [0, 0.1) is 6.92 Å². The molecule has 0 aliphatic carbocycles. The Hall–Kier alpha value is -3.28. The van der Waals surface area contributed by atoms with Gasteiger partial charge in [-0.15, -0.1) is 11.3 Å². The summed E-state index contributed by atoms with van der Waals surface area (Å²) in [7, 11) is 0. The number of nitrogens with zero attached hydrogens (tertiary/aromatic N) is 5. The first-order chi connectivity index (χ1) is 14.2. The molecule has 0 fully saturated rings. The highest BCUT2D eigenvalue weighted by Gasteiger charge is 2.38. The first-order valence-corrected chi connectivity index (χ1v) is 9.51. The van der Waals surface area contributed by atoms with Gasteiger partial charge in [0.15, 0.2) is 0 Å². The number of thiazole rings is 1. The van der Waals surface area contributed by atoms with Gasteiger partial charge in [0.2, 0.25) is 0 Å². The number of carbonyl (C=O) groups is 2. The molecule has 1 amide bonds. The van der Waals surface area contributed by atoms with Gasteiger partial charge in [0.25, 0.3) is 5.91 Å². The molecule has 0 radical (unpaired) electrons. The summed E-state index contributed by atoms with van der Waals surface area (Å²) in [6.45, 7) is 3.81. The van der Waals surface area contributed by atoms with E-state index in [1.165, 1.54) is 11.3 Å². The zero-order valence-electron chi connectivity index (χ0n) is 15.6. The van der Waals surface area contributed by atoms with Gasteiger partial charge in [-0.1, -0.05) is 0 Å². The summed E-state index contributed by atoms with van der Waals surface area (Å²) >= 11 is 1.50. The van der Waals surface area contributed by atoms with Gasteiger partial charge in [0.1, 0.15) is 11.5 Å². The van der Waals surface area contributed by atoms with E-state index in [9.17, 15) is 18.0 Å². The van der Waals surface area contributed by atoms with Crippen LogP contribution in [0.25, 0.3) is 11.3 Å². The summed E-state index contributed by atoms with van der Waals surface area (Å²) in [4.78, 5) is 36.2. The van der Waals surface area contributed by atoms with Crippen LogP contribution in [-0.2, 0) is 17.9 Å². The summed E-state index contributed by atoms with van der Waals surface area (Å²) in [5.41, 5.74) is 2.62. The third-order valence-electron chi connectivity index (χ3n) is 4.19. The fourth-order valence-corrected chi connectivity index (χ4v) is 3.39. The van der Waals surface area contributed by atoms with Gasteiger partial charge in [-0.25, -0.2) is 14.8 Å². The number of hydrogen-bond acceptors (Lipinski definition) is 6. The largest absolute Gasteiger partial charge is 0.490 e. The molecule has 12 heteroatoms. The minimum Gasteiger partial charge on any atom is -0.475 e. The van der Waals surface area contributed by atoms with E-state index in [-0.39, 0.29) is 5.91 Å². The number of fused-ring (bicyclic) bond motifs is 1. The molecule has 0 unspecified atom stereocenters. The smallest absolute Gasteiger partial charge is 0.475 e. The van der Waals surface area contributed by atoms with Crippen LogP contribution in [0.2, 0.25) is 0 Å². The molecule has 8 nitrogen and oxygen atoms in total. The lowest BCUT2D eigenvalue weighted by atomic mass is 10.2. The Morgan fingerprint density at radius 3 is 2.53 bits per heavy atom. The zero-order chi connectivity index (χ0) is 21.9. The molecule has 0 aromatic carbocycles. The number of aromatic nitrogens is 4. The molecule has 4 heterocycles. The number of hydrogen-bond donors (Lipinski definition) is 1. The van der Waals surface area contributed by atoms with E-state index in [2.05, 4.69) is 19.5 Å². The van der Waals surface area contributed by atoms with Crippen molar-refractivity contribution in [1.82, 2.24) is 24.4 Å². The molecule has 1 N–H and O–H groups in total. The third-order valence-corrected chi connectivity index (χ3v) is 4.96. The van der Waals surface area contributed by atoms with Crippen LogP contribution in [0.4, 0.5) is 13.2 Å². The van der Waals surface area contributed by atoms with Crippen LogP contribution < -0.4 is 0 Å². The second-order valence-electron chi connectivity index (χ2n) is 6.23. The lowest BCUT2D eigenvalue weighted by molar-refractivity contribution is -0.192. The van der Waals surface area contributed by atoms with E-state index < -0.39 is 12.1 Å². The van der Waals surface area contributed by atoms with Crippen LogP contribution >= 0.6 is 11.3 Å². The SMILES string of the molecule is Cc1nc(C(=O)N2CCn3c(-c4cccnc4)cnc3C2)cs1.O=C(O)C(F)(F)F. The summed E-state index contributed by atoms with van der Waals surface area (Å²) < 4.78 is 33.9. The maximum atomic E-state index is 12.5. The number of carboxylic acid groups (broad SMARTS) is 1. The molecule has 3 aromatic heterocycles. The Labute approximate surface area is 172 Å². The van der Waals surface area contributed by atoms with Crippen molar-refractivity contribution < 1.29 is 27.9 Å². The molecule has 0 saturated heterocycles. The van der Waals surface area contributed by atoms with Gasteiger partial charge >= 0.3 is 12.1 Å². The third kappa shape index (κ3) is 4.82. The van der Waals surface area contributed by atoms with Crippen molar-refractivity contribution in [3.05, 3.63) is 52.6 Å². The number of pyridine rings is 1. The number of aliphatic carboxylic acids is 1. The van der Waals surface area contributed by atoms with Gasteiger partial charge in [0.05, 0.1) is 23.4 Å². The minimum atomic E-state index is -5.08. The highest BCUT2D eigenvalue weighted by Crippen LogP contribution is 2.24. The highest BCUT2D eigenvalue weighted by molar-refractivity contribution is 7.09. The maximum Gasteiger partial charge on any atom is 0.490 e. The van der Waals surface area contributed by atoms with E-state index in [4.69, 9.17) is 9.90 Å². The minimum absolute atomic E-state index is 0.0217. The maximum absolute atomic E-state index is 12.5. The van der Waals surface area contributed by atoms with Gasteiger partial charge < -0.3 is 14.6 Å². The number of carbonyl (C=O) groups excluding carboxylic acids is 1. The van der Waals surface area contributed by atoms with E-state index in [0.717, 1.165) is 28.6 Å². The van der Waals surface area contributed by atoms with E-state index in [0.29, 0.717) is 18.8 Å². The monoisotopic (exact) mass is 439 g/mol. The second kappa shape index (κ2) is 8.61. The first kappa shape index (κ1) is 21.4.